The number of hydrogen-bond donors (Lipinski definition) is 3. The van der Waals surface area contributed by atoms with Gasteiger partial charge in [0.05, 0.1) is 0 Å². The molecular formula is C18H27N5O2. The third kappa shape index (κ3) is 5.34. The Bertz CT molecular complexity index is 566. The highest BCUT2D eigenvalue weighted by molar-refractivity contribution is 5.88. The second-order valence-electron chi connectivity index (χ2n) is 6.86. The second-order valence-corrected chi connectivity index (χ2v) is 6.86. The van der Waals surface area contributed by atoms with Crippen LogP contribution < -0.4 is 16.0 Å². The number of urea groups is 2. The van der Waals surface area contributed by atoms with Crippen LogP contribution in [-0.2, 0) is 0 Å². The Morgan fingerprint density at radius 3 is 2.28 bits per heavy atom. The first-order valence-corrected chi connectivity index (χ1v) is 9.25. The highest BCUT2D eigenvalue weighted by Gasteiger charge is 2.25. The predicted octanol–water partition coefficient (Wildman–Crippen LogP) is 2.71. The zero-order chi connectivity index (χ0) is 17.5. The molecule has 136 valence electrons. The van der Waals surface area contributed by atoms with Gasteiger partial charge in [-0.2, -0.15) is 0 Å². The molecular weight excluding hydrogens is 318 g/mol. The van der Waals surface area contributed by atoms with Crippen LogP contribution in [0.15, 0.2) is 24.4 Å². The number of amides is 4. The molecule has 0 atom stereocenters. The monoisotopic (exact) mass is 345 g/mol. The zero-order valence-corrected chi connectivity index (χ0v) is 14.5. The van der Waals surface area contributed by atoms with Gasteiger partial charge in [0.25, 0.3) is 0 Å². The van der Waals surface area contributed by atoms with Crippen molar-refractivity contribution in [2.45, 2.75) is 57.0 Å². The molecule has 3 rings (SSSR count). The Morgan fingerprint density at radius 1 is 0.960 bits per heavy atom. The number of rotatable bonds is 3. The summed E-state index contributed by atoms with van der Waals surface area (Å²) in [6.07, 6.45) is 9.04. The molecule has 1 aromatic rings. The average Bonchev–Trinajstić information content (AvgIpc) is 2.64. The Labute approximate surface area is 148 Å². The van der Waals surface area contributed by atoms with Crippen LogP contribution in [0, 0.1) is 0 Å². The molecule has 1 saturated carbocycles. The zero-order valence-electron chi connectivity index (χ0n) is 14.5. The maximum Gasteiger partial charge on any atom is 0.323 e. The van der Waals surface area contributed by atoms with Crippen molar-refractivity contribution >= 4 is 17.9 Å². The lowest BCUT2D eigenvalue weighted by molar-refractivity contribution is 0.186. The Morgan fingerprint density at radius 2 is 1.64 bits per heavy atom. The first kappa shape index (κ1) is 17.5. The van der Waals surface area contributed by atoms with Gasteiger partial charge in [-0.05, 0) is 37.8 Å². The minimum Gasteiger partial charge on any atom is -0.335 e. The summed E-state index contributed by atoms with van der Waals surface area (Å²) in [6.45, 7) is 1.26. The summed E-state index contributed by atoms with van der Waals surface area (Å²) in [6, 6.07) is 5.66. The van der Waals surface area contributed by atoms with E-state index in [4.69, 9.17) is 0 Å². The summed E-state index contributed by atoms with van der Waals surface area (Å²) < 4.78 is 0. The van der Waals surface area contributed by atoms with Crippen molar-refractivity contribution in [3.8, 4) is 0 Å². The Hall–Kier alpha value is -2.31. The fraction of sp³-hybridized carbons (Fsp3) is 0.611. The summed E-state index contributed by atoms with van der Waals surface area (Å²) in [4.78, 5) is 30.2. The molecule has 0 bridgehead atoms. The summed E-state index contributed by atoms with van der Waals surface area (Å²) in [7, 11) is 0. The van der Waals surface area contributed by atoms with Gasteiger partial charge in [-0.1, -0.05) is 25.3 Å². The fourth-order valence-corrected chi connectivity index (χ4v) is 3.51. The quantitative estimate of drug-likeness (QED) is 0.787. The van der Waals surface area contributed by atoms with E-state index in [1.165, 1.54) is 19.3 Å². The molecule has 1 aromatic heterocycles. The van der Waals surface area contributed by atoms with Crippen molar-refractivity contribution in [3.05, 3.63) is 24.4 Å². The maximum absolute atomic E-state index is 12.2. The molecule has 0 spiro atoms. The van der Waals surface area contributed by atoms with Crippen LogP contribution in [0.4, 0.5) is 15.4 Å². The normalized spacial score (nSPS) is 19.3. The van der Waals surface area contributed by atoms with Crippen LogP contribution in [0.2, 0.25) is 0 Å². The molecule has 7 heteroatoms. The van der Waals surface area contributed by atoms with Crippen molar-refractivity contribution in [1.82, 2.24) is 20.5 Å². The van der Waals surface area contributed by atoms with E-state index < -0.39 is 0 Å². The number of nitrogens with one attached hydrogen (secondary N) is 3. The van der Waals surface area contributed by atoms with E-state index in [1.807, 2.05) is 12.1 Å². The highest BCUT2D eigenvalue weighted by Crippen LogP contribution is 2.17. The molecule has 2 fully saturated rings. The lowest BCUT2D eigenvalue weighted by Gasteiger charge is -2.33. The van der Waals surface area contributed by atoms with Gasteiger partial charge in [-0.15, -0.1) is 0 Å². The molecule has 4 amide bonds. The van der Waals surface area contributed by atoms with Gasteiger partial charge in [0.15, 0.2) is 0 Å². The van der Waals surface area contributed by atoms with Crippen molar-refractivity contribution < 1.29 is 9.59 Å². The number of pyridine rings is 1. The summed E-state index contributed by atoms with van der Waals surface area (Å²) >= 11 is 0. The van der Waals surface area contributed by atoms with Crippen LogP contribution in [0.5, 0.6) is 0 Å². The predicted molar refractivity (Wildman–Crippen MR) is 96.4 cm³/mol. The topological polar surface area (TPSA) is 86.4 Å². The Balaban J connectivity index is 1.37. The van der Waals surface area contributed by atoms with Gasteiger partial charge in [0.1, 0.15) is 5.82 Å². The van der Waals surface area contributed by atoms with E-state index in [2.05, 4.69) is 20.9 Å². The van der Waals surface area contributed by atoms with Crippen molar-refractivity contribution in [3.63, 3.8) is 0 Å². The molecule has 2 aliphatic rings. The average molecular weight is 345 g/mol. The van der Waals surface area contributed by atoms with Gasteiger partial charge in [0, 0.05) is 31.4 Å². The van der Waals surface area contributed by atoms with E-state index in [1.54, 1.807) is 17.2 Å². The molecule has 0 radical (unpaired) electrons. The molecule has 1 aliphatic carbocycles. The first-order chi connectivity index (χ1) is 12.2. The number of piperidine rings is 1. The summed E-state index contributed by atoms with van der Waals surface area (Å²) in [5, 5.41) is 8.93. The molecule has 25 heavy (non-hydrogen) atoms. The smallest absolute Gasteiger partial charge is 0.323 e. The van der Waals surface area contributed by atoms with Crippen LogP contribution in [0.3, 0.4) is 0 Å². The summed E-state index contributed by atoms with van der Waals surface area (Å²) in [5.74, 6) is 0.555. The second kappa shape index (κ2) is 8.69. The van der Waals surface area contributed by atoms with Crippen LogP contribution in [0.25, 0.3) is 0 Å². The first-order valence-electron chi connectivity index (χ1n) is 9.25. The van der Waals surface area contributed by atoms with Crippen molar-refractivity contribution in [2.24, 2.45) is 0 Å². The van der Waals surface area contributed by atoms with Crippen LogP contribution in [-0.4, -0.2) is 47.1 Å². The van der Waals surface area contributed by atoms with E-state index >= 15 is 0 Å². The van der Waals surface area contributed by atoms with Crippen LogP contribution >= 0.6 is 0 Å². The summed E-state index contributed by atoms with van der Waals surface area (Å²) in [5.41, 5.74) is 0. The van der Waals surface area contributed by atoms with Crippen molar-refractivity contribution in [1.29, 1.82) is 0 Å². The van der Waals surface area contributed by atoms with E-state index in [-0.39, 0.29) is 18.1 Å². The molecule has 1 saturated heterocycles. The van der Waals surface area contributed by atoms with Gasteiger partial charge < -0.3 is 15.5 Å². The standard InChI is InChI=1S/C18H27N5O2/c24-17(20-14-6-2-1-3-7-14)21-15-9-12-23(13-10-15)18(25)22-16-8-4-5-11-19-16/h4-5,8,11,14-15H,1-3,6-7,9-10,12-13H2,(H,19,22,25)(H2,20,21,24). The number of hydrogen-bond acceptors (Lipinski definition) is 3. The third-order valence-corrected chi connectivity index (χ3v) is 4.96. The fourth-order valence-electron chi connectivity index (χ4n) is 3.51. The SMILES string of the molecule is O=C(NC1CCCCC1)NC1CCN(C(=O)Nc2ccccn2)CC1. The van der Waals surface area contributed by atoms with Crippen molar-refractivity contribution in [2.75, 3.05) is 18.4 Å². The minimum absolute atomic E-state index is 0.0664. The molecule has 1 aliphatic heterocycles. The lowest BCUT2D eigenvalue weighted by atomic mass is 9.96. The molecule has 7 nitrogen and oxygen atoms in total. The van der Waals surface area contributed by atoms with Crippen LogP contribution in [0.1, 0.15) is 44.9 Å². The van der Waals surface area contributed by atoms with Gasteiger partial charge >= 0.3 is 12.1 Å². The van der Waals surface area contributed by atoms with E-state index in [0.717, 1.165) is 25.7 Å². The number of likely N-dealkylation sites (tertiary alicyclic amines) is 1. The number of aromatic nitrogens is 1. The number of carbonyl (C=O) groups is 2. The van der Waals surface area contributed by atoms with Gasteiger partial charge in [0.2, 0.25) is 0 Å². The molecule has 0 aromatic carbocycles. The molecule has 0 unspecified atom stereocenters. The largest absolute Gasteiger partial charge is 0.335 e. The van der Waals surface area contributed by atoms with E-state index in [0.29, 0.717) is 24.9 Å². The van der Waals surface area contributed by atoms with Gasteiger partial charge in [-0.3, -0.25) is 5.32 Å². The maximum atomic E-state index is 12.2. The third-order valence-electron chi connectivity index (χ3n) is 4.96. The number of anilines is 1. The minimum atomic E-state index is -0.135. The molecule has 2 heterocycles. The number of carbonyl (C=O) groups excluding carboxylic acids is 2. The number of nitrogens with zero attached hydrogens (tertiary/aromatic N) is 2. The molecule has 3 N–H and O–H groups in total. The Kier molecular flexibility index (Phi) is 6.09. The van der Waals surface area contributed by atoms with E-state index in [9.17, 15) is 9.59 Å². The highest BCUT2D eigenvalue weighted by atomic mass is 16.2. The van der Waals surface area contributed by atoms with Gasteiger partial charge in [-0.25, -0.2) is 14.6 Å². The lowest BCUT2D eigenvalue weighted by Crippen LogP contribution is -2.51.